The number of benzene rings is 8. The van der Waals surface area contributed by atoms with Gasteiger partial charge in [-0.25, -0.2) is 9.97 Å². The van der Waals surface area contributed by atoms with Crippen LogP contribution in [0, 0.1) is 6.92 Å². The molecule has 0 radical (unpaired) electrons. The Bertz CT molecular complexity index is 3270. The van der Waals surface area contributed by atoms with Gasteiger partial charge in [0.1, 0.15) is 0 Å². The molecule has 0 amide bonds. The minimum Gasteiger partial charge on any atom is -0.309 e. The van der Waals surface area contributed by atoms with Crippen molar-refractivity contribution < 1.29 is 0 Å². The van der Waals surface area contributed by atoms with Crippen molar-refractivity contribution in [2.75, 3.05) is 0 Å². The smallest absolute Gasteiger partial charge is 0.234 e. The first-order valence-corrected chi connectivity index (χ1v) is 19.4. The molecule has 3 aromatic heterocycles. The third-order valence-corrected chi connectivity index (χ3v) is 11.4. The van der Waals surface area contributed by atoms with Crippen LogP contribution in [0.25, 0.3) is 99.8 Å². The van der Waals surface area contributed by atoms with Crippen LogP contribution in [0.15, 0.2) is 200 Å². The molecule has 0 aliphatic rings. The molecule has 0 fully saturated rings. The van der Waals surface area contributed by atoms with E-state index in [-0.39, 0.29) is 0 Å². The zero-order valence-corrected chi connectivity index (χ0v) is 31.3. The normalized spacial score (nSPS) is 11.6. The number of hydrogen-bond acceptors (Lipinski definition) is 2. The highest BCUT2D eigenvalue weighted by molar-refractivity contribution is 6.12. The van der Waals surface area contributed by atoms with Crippen molar-refractivity contribution in [3.05, 3.63) is 206 Å². The van der Waals surface area contributed by atoms with Crippen LogP contribution in [-0.4, -0.2) is 19.1 Å². The standard InChI is InChI=1S/C53H36N4/c1-35-30-39(36-12-4-2-5-13-36)24-27-44(35)38-22-20-37(21-23-38)42-33-54-53(55-34-42)57-50-19-11-9-17-46(50)48-32-41(26-29-52(48)57)40-25-28-51-47(31-40)45-16-8-10-18-49(45)56(51)43-14-6-3-7-15-43/h2-34H,1H3. The summed E-state index contributed by atoms with van der Waals surface area (Å²) in [5.41, 5.74) is 16.3. The largest absolute Gasteiger partial charge is 0.309 e. The molecule has 4 heteroatoms. The molecular weight excluding hydrogens is 693 g/mol. The molecule has 0 bridgehead atoms. The number of hydrogen-bond donors (Lipinski definition) is 0. The Morgan fingerprint density at radius 2 is 0.789 bits per heavy atom. The first kappa shape index (κ1) is 32.8. The first-order valence-electron chi connectivity index (χ1n) is 19.4. The fourth-order valence-corrected chi connectivity index (χ4v) is 8.60. The lowest BCUT2D eigenvalue weighted by Crippen LogP contribution is -2.00. The molecule has 0 N–H and O–H groups in total. The molecule has 4 nitrogen and oxygen atoms in total. The monoisotopic (exact) mass is 728 g/mol. The van der Waals surface area contributed by atoms with Crippen molar-refractivity contribution in [3.63, 3.8) is 0 Å². The second kappa shape index (κ2) is 13.3. The van der Waals surface area contributed by atoms with Crippen LogP contribution >= 0.6 is 0 Å². The summed E-state index contributed by atoms with van der Waals surface area (Å²) in [5.74, 6) is 0.651. The van der Waals surface area contributed by atoms with Gasteiger partial charge in [0.15, 0.2) is 0 Å². The Hall–Kier alpha value is -7.56. The number of aryl methyl sites for hydroxylation is 1. The second-order valence-electron chi connectivity index (χ2n) is 14.7. The molecular formula is C53H36N4. The van der Waals surface area contributed by atoms with Crippen molar-refractivity contribution in [2.45, 2.75) is 6.92 Å². The quantitative estimate of drug-likeness (QED) is 0.171. The summed E-state index contributed by atoms with van der Waals surface area (Å²) < 4.78 is 4.54. The number of aromatic nitrogens is 4. The van der Waals surface area contributed by atoms with Crippen LogP contribution in [0.4, 0.5) is 0 Å². The van der Waals surface area contributed by atoms with E-state index in [1.807, 2.05) is 12.4 Å². The van der Waals surface area contributed by atoms with Crippen molar-refractivity contribution in [3.8, 4) is 56.1 Å². The van der Waals surface area contributed by atoms with E-state index in [9.17, 15) is 0 Å². The van der Waals surface area contributed by atoms with E-state index < -0.39 is 0 Å². The van der Waals surface area contributed by atoms with Crippen LogP contribution in [0.5, 0.6) is 0 Å². The maximum Gasteiger partial charge on any atom is 0.234 e. The van der Waals surface area contributed by atoms with Crippen LogP contribution in [0.1, 0.15) is 5.56 Å². The molecule has 268 valence electrons. The van der Waals surface area contributed by atoms with E-state index in [4.69, 9.17) is 9.97 Å². The second-order valence-corrected chi connectivity index (χ2v) is 14.7. The third kappa shape index (κ3) is 5.53. The van der Waals surface area contributed by atoms with Crippen molar-refractivity contribution in [1.82, 2.24) is 19.1 Å². The lowest BCUT2D eigenvalue weighted by Gasteiger charge is -2.11. The molecule has 3 heterocycles. The van der Waals surface area contributed by atoms with Crippen LogP contribution in [0.3, 0.4) is 0 Å². The predicted molar refractivity (Wildman–Crippen MR) is 237 cm³/mol. The highest BCUT2D eigenvalue weighted by Gasteiger charge is 2.17. The van der Waals surface area contributed by atoms with E-state index in [2.05, 4.69) is 204 Å². The highest BCUT2D eigenvalue weighted by Crippen LogP contribution is 2.38. The molecule has 0 unspecified atom stereocenters. The first-order chi connectivity index (χ1) is 28.2. The Morgan fingerprint density at radius 3 is 1.42 bits per heavy atom. The molecule has 11 aromatic rings. The number of para-hydroxylation sites is 3. The van der Waals surface area contributed by atoms with Crippen LogP contribution in [-0.2, 0) is 0 Å². The van der Waals surface area contributed by atoms with Gasteiger partial charge in [0, 0.05) is 45.2 Å². The minimum atomic E-state index is 0.651. The third-order valence-electron chi connectivity index (χ3n) is 11.4. The van der Waals surface area contributed by atoms with Gasteiger partial charge in [0.05, 0.1) is 22.1 Å². The Labute approximate surface area is 330 Å². The maximum atomic E-state index is 4.95. The summed E-state index contributed by atoms with van der Waals surface area (Å²) in [7, 11) is 0. The van der Waals surface area contributed by atoms with Gasteiger partial charge in [-0.3, -0.25) is 4.57 Å². The molecule has 57 heavy (non-hydrogen) atoms. The number of nitrogens with zero attached hydrogens (tertiary/aromatic N) is 4. The fraction of sp³-hybridized carbons (Fsp3) is 0.0189. The maximum absolute atomic E-state index is 4.95. The number of rotatable bonds is 6. The summed E-state index contributed by atoms with van der Waals surface area (Å²) in [6.45, 7) is 2.18. The van der Waals surface area contributed by atoms with Crippen molar-refractivity contribution >= 4 is 43.6 Å². The average Bonchev–Trinajstić information content (AvgIpc) is 3.79. The number of fused-ring (bicyclic) bond motifs is 6. The van der Waals surface area contributed by atoms with E-state index >= 15 is 0 Å². The van der Waals surface area contributed by atoms with Gasteiger partial charge >= 0.3 is 0 Å². The summed E-state index contributed by atoms with van der Waals surface area (Å²) in [5, 5.41) is 4.83. The summed E-state index contributed by atoms with van der Waals surface area (Å²) >= 11 is 0. The lowest BCUT2D eigenvalue weighted by molar-refractivity contribution is 0.990. The van der Waals surface area contributed by atoms with Gasteiger partial charge in [-0.05, 0) is 100.0 Å². The van der Waals surface area contributed by atoms with E-state index in [0.717, 1.165) is 27.8 Å². The summed E-state index contributed by atoms with van der Waals surface area (Å²) in [6, 6.07) is 67.4. The average molecular weight is 729 g/mol. The van der Waals surface area contributed by atoms with Gasteiger partial charge in [-0.2, -0.15) is 0 Å². The van der Waals surface area contributed by atoms with E-state index in [1.165, 1.54) is 71.5 Å². The molecule has 11 rings (SSSR count). The van der Waals surface area contributed by atoms with Crippen molar-refractivity contribution in [2.24, 2.45) is 0 Å². The van der Waals surface area contributed by atoms with Gasteiger partial charge in [-0.1, -0.05) is 140 Å². The van der Waals surface area contributed by atoms with Crippen LogP contribution < -0.4 is 0 Å². The Kier molecular flexibility index (Phi) is 7.68. The van der Waals surface area contributed by atoms with Gasteiger partial charge in [0.25, 0.3) is 0 Å². The topological polar surface area (TPSA) is 35.6 Å². The molecule has 0 saturated heterocycles. The Balaban J connectivity index is 0.928. The summed E-state index contributed by atoms with van der Waals surface area (Å²) in [6.07, 6.45) is 3.88. The molecule has 0 atom stereocenters. The molecule has 0 spiro atoms. The zero-order valence-electron chi connectivity index (χ0n) is 31.3. The highest BCUT2D eigenvalue weighted by atomic mass is 15.1. The van der Waals surface area contributed by atoms with E-state index in [1.54, 1.807) is 0 Å². The zero-order chi connectivity index (χ0) is 37.9. The summed E-state index contributed by atoms with van der Waals surface area (Å²) in [4.78, 5) is 9.90. The minimum absolute atomic E-state index is 0.651. The lowest BCUT2D eigenvalue weighted by atomic mass is 9.95. The van der Waals surface area contributed by atoms with Gasteiger partial charge in [-0.15, -0.1) is 0 Å². The molecule has 0 saturated carbocycles. The molecule has 8 aromatic carbocycles. The molecule has 0 aliphatic heterocycles. The fourth-order valence-electron chi connectivity index (χ4n) is 8.60. The van der Waals surface area contributed by atoms with Gasteiger partial charge in [0.2, 0.25) is 5.95 Å². The Morgan fingerprint density at radius 1 is 0.333 bits per heavy atom. The predicted octanol–water partition coefficient (Wildman–Crippen LogP) is 13.6. The SMILES string of the molecule is Cc1cc(-c2ccccc2)ccc1-c1ccc(-c2cnc(-n3c4ccccc4c4cc(-c5ccc6c(c5)c5ccccc5n6-c5ccccc5)ccc43)nc2)cc1. The van der Waals surface area contributed by atoms with E-state index in [0.29, 0.717) is 5.95 Å². The van der Waals surface area contributed by atoms with Gasteiger partial charge < -0.3 is 4.57 Å². The molecule has 0 aliphatic carbocycles. The van der Waals surface area contributed by atoms with Crippen LogP contribution in [0.2, 0.25) is 0 Å². The van der Waals surface area contributed by atoms with Crippen molar-refractivity contribution in [1.29, 1.82) is 0 Å².